The standard InChI is InChI=1S/C16H17N5OS/c1-10-17-13(14-4-2-3-6-21(10)14)9-20-7-5-12-11(8-20)15(22)19-16(23)18-12/h2-4,6H,5,7-9H2,1H3,(H2,18,19,22,23). The molecule has 3 aromatic rings. The van der Waals surface area contributed by atoms with E-state index in [1.165, 1.54) is 0 Å². The first-order chi connectivity index (χ1) is 11.1. The zero-order valence-corrected chi connectivity index (χ0v) is 13.6. The van der Waals surface area contributed by atoms with Crippen LogP contribution in [-0.2, 0) is 19.5 Å². The summed E-state index contributed by atoms with van der Waals surface area (Å²) in [5, 5.41) is 0. The van der Waals surface area contributed by atoms with E-state index in [1.54, 1.807) is 0 Å². The number of fused-ring (bicyclic) bond motifs is 2. The van der Waals surface area contributed by atoms with E-state index < -0.39 is 0 Å². The Morgan fingerprint density at radius 2 is 2.22 bits per heavy atom. The average Bonchev–Trinajstić information content (AvgIpc) is 2.85. The minimum absolute atomic E-state index is 0.0840. The van der Waals surface area contributed by atoms with Crippen LogP contribution in [0.4, 0.5) is 0 Å². The highest BCUT2D eigenvalue weighted by Crippen LogP contribution is 2.19. The molecule has 4 heterocycles. The Bertz CT molecular complexity index is 1000. The van der Waals surface area contributed by atoms with E-state index in [-0.39, 0.29) is 5.56 Å². The van der Waals surface area contributed by atoms with Crippen molar-refractivity contribution in [2.45, 2.75) is 26.4 Å². The summed E-state index contributed by atoms with van der Waals surface area (Å²) in [5.41, 5.74) is 3.83. The van der Waals surface area contributed by atoms with Gasteiger partial charge in [0, 0.05) is 37.9 Å². The molecule has 3 aromatic heterocycles. The van der Waals surface area contributed by atoms with Crippen LogP contribution < -0.4 is 5.56 Å². The third kappa shape index (κ3) is 2.51. The monoisotopic (exact) mass is 327 g/mol. The Kier molecular flexibility index (Phi) is 3.39. The first-order valence-corrected chi connectivity index (χ1v) is 8.02. The summed E-state index contributed by atoms with van der Waals surface area (Å²) in [5.74, 6) is 0.981. The van der Waals surface area contributed by atoms with E-state index in [0.717, 1.165) is 47.8 Å². The maximum atomic E-state index is 12.1. The fourth-order valence-electron chi connectivity index (χ4n) is 3.24. The van der Waals surface area contributed by atoms with E-state index in [1.807, 2.05) is 25.3 Å². The third-order valence-electron chi connectivity index (χ3n) is 4.36. The van der Waals surface area contributed by atoms with Crippen LogP contribution in [-0.4, -0.2) is 30.8 Å². The fraction of sp³-hybridized carbons (Fsp3) is 0.312. The van der Waals surface area contributed by atoms with Crippen molar-refractivity contribution in [3.8, 4) is 0 Å². The lowest BCUT2D eigenvalue weighted by molar-refractivity contribution is 0.240. The van der Waals surface area contributed by atoms with Crippen molar-refractivity contribution in [3.05, 3.63) is 62.3 Å². The van der Waals surface area contributed by atoms with E-state index >= 15 is 0 Å². The van der Waals surface area contributed by atoms with Crippen molar-refractivity contribution >= 4 is 17.7 Å². The smallest absolute Gasteiger partial charge is 0.256 e. The zero-order chi connectivity index (χ0) is 16.0. The molecule has 1 aliphatic heterocycles. The number of aromatic amines is 2. The summed E-state index contributed by atoms with van der Waals surface area (Å²) in [4.78, 5) is 24.8. The summed E-state index contributed by atoms with van der Waals surface area (Å²) in [6.07, 6.45) is 2.82. The highest BCUT2D eigenvalue weighted by atomic mass is 32.1. The first kappa shape index (κ1) is 14.3. The molecule has 0 aliphatic carbocycles. The van der Waals surface area contributed by atoms with E-state index in [4.69, 9.17) is 12.2 Å². The summed E-state index contributed by atoms with van der Waals surface area (Å²) in [6, 6.07) is 6.11. The van der Waals surface area contributed by atoms with Gasteiger partial charge in [0.15, 0.2) is 4.77 Å². The van der Waals surface area contributed by atoms with Gasteiger partial charge in [-0.1, -0.05) is 6.07 Å². The molecule has 23 heavy (non-hydrogen) atoms. The summed E-state index contributed by atoms with van der Waals surface area (Å²) in [7, 11) is 0. The molecule has 2 N–H and O–H groups in total. The quantitative estimate of drug-likeness (QED) is 0.706. The van der Waals surface area contributed by atoms with E-state index in [0.29, 0.717) is 11.3 Å². The Morgan fingerprint density at radius 3 is 3.09 bits per heavy atom. The van der Waals surface area contributed by atoms with Gasteiger partial charge in [0.2, 0.25) is 0 Å². The van der Waals surface area contributed by atoms with Crippen molar-refractivity contribution < 1.29 is 0 Å². The molecule has 0 aromatic carbocycles. The largest absolute Gasteiger partial charge is 0.335 e. The van der Waals surface area contributed by atoms with Crippen molar-refractivity contribution in [1.29, 1.82) is 0 Å². The number of aromatic nitrogens is 4. The molecule has 0 saturated heterocycles. The van der Waals surface area contributed by atoms with E-state index in [9.17, 15) is 4.79 Å². The first-order valence-electron chi connectivity index (χ1n) is 7.61. The van der Waals surface area contributed by atoms with E-state index in [2.05, 4.69) is 30.3 Å². The summed E-state index contributed by atoms with van der Waals surface area (Å²) >= 11 is 5.04. The van der Waals surface area contributed by atoms with Crippen molar-refractivity contribution in [2.24, 2.45) is 0 Å². The second-order valence-electron chi connectivity index (χ2n) is 5.89. The lowest BCUT2D eigenvalue weighted by atomic mass is 10.1. The fourth-order valence-corrected chi connectivity index (χ4v) is 3.46. The van der Waals surface area contributed by atoms with Gasteiger partial charge in [0.1, 0.15) is 5.82 Å². The van der Waals surface area contributed by atoms with Gasteiger partial charge in [-0.05, 0) is 31.3 Å². The molecular weight excluding hydrogens is 310 g/mol. The highest BCUT2D eigenvalue weighted by Gasteiger charge is 2.21. The molecule has 0 amide bonds. The predicted octanol–water partition coefficient (Wildman–Crippen LogP) is 1.95. The second kappa shape index (κ2) is 5.43. The van der Waals surface area contributed by atoms with Gasteiger partial charge < -0.3 is 9.38 Å². The maximum Gasteiger partial charge on any atom is 0.256 e. The molecule has 7 heteroatoms. The van der Waals surface area contributed by atoms with Crippen molar-refractivity contribution in [2.75, 3.05) is 6.54 Å². The molecule has 0 unspecified atom stereocenters. The van der Waals surface area contributed by atoms with Gasteiger partial charge in [0.05, 0.1) is 16.8 Å². The minimum Gasteiger partial charge on any atom is -0.335 e. The van der Waals surface area contributed by atoms with Crippen molar-refractivity contribution in [1.82, 2.24) is 24.3 Å². The van der Waals surface area contributed by atoms with Gasteiger partial charge >= 0.3 is 0 Å². The van der Waals surface area contributed by atoms with Crippen LogP contribution in [0.5, 0.6) is 0 Å². The minimum atomic E-state index is -0.0840. The molecule has 0 bridgehead atoms. The highest BCUT2D eigenvalue weighted by molar-refractivity contribution is 7.71. The van der Waals surface area contributed by atoms with Gasteiger partial charge in [-0.3, -0.25) is 14.7 Å². The number of rotatable bonds is 2. The molecule has 6 nitrogen and oxygen atoms in total. The van der Waals surface area contributed by atoms with Gasteiger partial charge in [-0.25, -0.2) is 4.98 Å². The second-order valence-corrected chi connectivity index (χ2v) is 6.30. The third-order valence-corrected chi connectivity index (χ3v) is 4.57. The topological polar surface area (TPSA) is 69.2 Å². The average molecular weight is 327 g/mol. The van der Waals surface area contributed by atoms with Gasteiger partial charge in [-0.2, -0.15) is 0 Å². The molecular formula is C16H17N5OS. The van der Waals surface area contributed by atoms with Crippen LogP contribution in [0.2, 0.25) is 0 Å². The lowest BCUT2D eigenvalue weighted by Crippen LogP contribution is -2.35. The molecule has 0 fully saturated rings. The number of nitrogens with one attached hydrogen (secondary N) is 2. The predicted molar refractivity (Wildman–Crippen MR) is 90.0 cm³/mol. The Balaban J connectivity index is 1.65. The Labute approximate surface area is 137 Å². The molecule has 4 rings (SSSR count). The molecule has 0 atom stereocenters. The number of hydrogen-bond donors (Lipinski definition) is 2. The number of hydrogen-bond acceptors (Lipinski definition) is 4. The summed E-state index contributed by atoms with van der Waals surface area (Å²) < 4.78 is 2.50. The number of nitrogens with zero attached hydrogens (tertiary/aromatic N) is 3. The number of aryl methyl sites for hydroxylation is 1. The number of H-pyrrole nitrogens is 2. The van der Waals surface area contributed by atoms with Gasteiger partial charge in [0.25, 0.3) is 5.56 Å². The van der Waals surface area contributed by atoms with Gasteiger partial charge in [-0.15, -0.1) is 0 Å². The van der Waals surface area contributed by atoms with Crippen LogP contribution in [0.1, 0.15) is 22.8 Å². The number of pyridine rings is 1. The molecule has 1 aliphatic rings. The molecule has 118 valence electrons. The van der Waals surface area contributed by atoms with Crippen LogP contribution in [0.15, 0.2) is 29.2 Å². The summed E-state index contributed by atoms with van der Waals surface area (Å²) in [6.45, 7) is 4.23. The SMILES string of the molecule is Cc1nc(CN2CCc3[nH]c(=S)[nH]c(=O)c3C2)c2ccccn12. The normalized spacial score (nSPS) is 15.0. The van der Waals surface area contributed by atoms with Crippen LogP contribution >= 0.6 is 12.2 Å². The van der Waals surface area contributed by atoms with Crippen LogP contribution in [0.3, 0.4) is 0 Å². The maximum absolute atomic E-state index is 12.1. The molecule has 0 spiro atoms. The van der Waals surface area contributed by atoms with Crippen LogP contribution in [0, 0.1) is 11.7 Å². The zero-order valence-electron chi connectivity index (χ0n) is 12.8. The molecule has 0 radical (unpaired) electrons. The Morgan fingerprint density at radius 1 is 1.35 bits per heavy atom. The lowest BCUT2D eigenvalue weighted by Gasteiger charge is -2.27. The molecule has 0 saturated carbocycles. The van der Waals surface area contributed by atoms with Crippen molar-refractivity contribution in [3.63, 3.8) is 0 Å². The van der Waals surface area contributed by atoms with Crippen LogP contribution in [0.25, 0.3) is 5.52 Å². The Hall–Kier alpha value is -2.25. The number of imidazole rings is 1.